The molecule has 0 aliphatic carbocycles. The fourth-order valence-electron chi connectivity index (χ4n) is 3.58. The molecule has 6 heteroatoms. The molecule has 0 radical (unpaired) electrons. The van der Waals surface area contributed by atoms with Gasteiger partial charge in [-0.05, 0) is 45.1 Å². The maximum Gasteiger partial charge on any atom is 0.410 e. The monoisotopic (exact) mass is 360 g/mol. The molecule has 2 atom stereocenters. The lowest BCUT2D eigenvalue weighted by Crippen LogP contribution is -2.48. The van der Waals surface area contributed by atoms with Gasteiger partial charge in [0.15, 0.2) is 0 Å². The third-order valence-electron chi connectivity index (χ3n) is 4.80. The van der Waals surface area contributed by atoms with Crippen LogP contribution >= 0.6 is 0 Å². The van der Waals surface area contributed by atoms with Crippen LogP contribution in [0, 0.1) is 5.92 Å². The van der Waals surface area contributed by atoms with Crippen molar-refractivity contribution in [2.45, 2.75) is 51.9 Å². The summed E-state index contributed by atoms with van der Waals surface area (Å²) in [6, 6.07) is 9.65. The summed E-state index contributed by atoms with van der Waals surface area (Å²) in [6.07, 6.45) is 1.32. The lowest BCUT2D eigenvalue weighted by atomic mass is 9.95. The second kappa shape index (κ2) is 7.56. The third-order valence-corrected chi connectivity index (χ3v) is 4.80. The van der Waals surface area contributed by atoms with E-state index in [1.807, 2.05) is 51.1 Å². The van der Waals surface area contributed by atoms with Crippen LogP contribution in [0.2, 0.25) is 0 Å². The van der Waals surface area contributed by atoms with Gasteiger partial charge in [0.05, 0.1) is 6.04 Å². The number of piperidine rings is 1. The molecule has 3 fully saturated rings. The Kier molecular flexibility index (Phi) is 5.39. The summed E-state index contributed by atoms with van der Waals surface area (Å²) < 4.78 is 11.0. The van der Waals surface area contributed by atoms with Gasteiger partial charge in [-0.3, -0.25) is 0 Å². The predicted octanol–water partition coefficient (Wildman–Crippen LogP) is 3.65. The number of carbonyl (C=O) groups excluding carboxylic acids is 2. The molecule has 3 aliphatic heterocycles. The molecular weight excluding hydrogens is 332 g/mol. The van der Waals surface area contributed by atoms with Gasteiger partial charge in [-0.1, -0.05) is 30.3 Å². The Bertz CT molecular complexity index is 641. The molecule has 0 saturated carbocycles. The summed E-state index contributed by atoms with van der Waals surface area (Å²) in [6.45, 7) is 7.64. The fraction of sp³-hybridized carbons (Fsp3) is 0.600. The van der Waals surface area contributed by atoms with Crippen molar-refractivity contribution in [2.75, 3.05) is 19.6 Å². The first kappa shape index (κ1) is 18.5. The highest BCUT2D eigenvalue weighted by molar-refractivity contribution is 5.70. The molecule has 3 heterocycles. The minimum absolute atomic E-state index is 0.00968. The number of amides is 2. The van der Waals surface area contributed by atoms with Crippen LogP contribution in [0.5, 0.6) is 0 Å². The smallest absolute Gasteiger partial charge is 0.410 e. The zero-order valence-corrected chi connectivity index (χ0v) is 15.8. The Balaban J connectivity index is 1.60. The average Bonchev–Trinajstić information content (AvgIpc) is 2.91. The van der Waals surface area contributed by atoms with Gasteiger partial charge in [0.25, 0.3) is 0 Å². The predicted molar refractivity (Wildman–Crippen MR) is 97.7 cm³/mol. The van der Waals surface area contributed by atoms with Gasteiger partial charge >= 0.3 is 12.2 Å². The summed E-state index contributed by atoms with van der Waals surface area (Å²) >= 11 is 0. The number of nitrogens with zero attached hydrogens (tertiary/aromatic N) is 2. The number of fused-ring (bicyclic) bond motifs is 4. The quantitative estimate of drug-likeness (QED) is 0.808. The molecule has 26 heavy (non-hydrogen) atoms. The number of benzene rings is 1. The van der Waals surface area contributed by atoms with Crippen LogP contribution in [0.1, 0.15) is 39.2 Å². The highest BCUT2D eigenvalue weighted by atomic mass is 16.6. The molecule has 3 aliphatic rings. The van der Waals surface area contributed by atoms with Crippen molar-refractivity contribution in [1.82, 2.24) is 9.80 Å². The van der Waals surface area contributed by atoms with Gasteiger partial charge in [0, 0.05) is 19.6 Å². The van der Waals surface area contributed by atoms with Gasteiger partial charge in [-0.25, -0.2) is 9.59 Å². The van der Waals surface area contributed by atoms with Crippen LogP contribution in [0.4, 0.5) is 9.59 Å². The molecule has 4 rings (SSSR count). The Morgan fingerprint density at radius 3 is 2.46 bits per heavy atom. The second-order valence-electron chi connectivity index (χ2n) is 8.18. The SMILES string of the molecule is CC(C)(C)OC(=O)N1CC2CCC(C1)N(C(=O)OCc1ccccc1)C2. The van der Waals surface area contributed by atoms with E-state index in [-0.39, 0.29) is 30.8 Å². The van der Waals surface area contributed by atoms with E-state index in [1.165, 1.54) is 0 Å². The molecule has 6 nitrogen and oxygen atoms in total. The van der Waals surface area contributed by atoms with Gasteiger partial charge in [-0.2, -0.15) is 0 Å². The zero-order chi connectivity index (χ0) is 18.7. The summed E-state index contributed by atoms with van der Waals surface area (Å²) in [7, 11) is 0. The van der Waals surface area contributed by atoms with Crippen LogP contribution in [-0.2, 0) is 16.1 Å². The molecule has 0 spiro atoms. The molecule has 2 unspecified atom stereocenters. The van der Waals surface area contributed by atoms with E-state index < -0.39 is 5.60 Å². The summed E-state index contributed by atoms with van der Waals surface area (Å²) in [5, 5.41) is 0. The van der Waals surface area contributed by atoms with Crippen LogP contribution < -0.4 is 0 Å². The molecule has 0 N–H and O–H groups in total. The first-order valence-corrected chi connectivity index (χ1v) is 9.27. The van der Waals surface area contributed by atoms with Crippen LogP contribution in [0.3, 0.4) is 0 Å². The molecular formula is C20H28N2O4. The van der Waals surface area contributed by atoms with Gasteiger partial charge in [0.1, 0.15) is 12.2 Å². The standard InChI is InChI=1S/C20H28N2O4/c1-20(2,3)26-18(23)21-11-16-9-10-17(13-21)22(12-16)19(24)25-14-15-7-5-4-6-8-15/h4-8,16-17H,9-14H2,1-3H3. The fourth-order valence-corrected chi connectivity index (χ4v) is 3.58. The van der Waals surface area contributed by atoms with Gasteiger partial charge < -0.3 is 19.3 Å². The normalized spacial score (nSPS) is 22.7. The summed E-state index contributed by atoms with van der Waals surface area (Å²) in [4.78, 5) is 28.6. The van der Waals surface area contributed by atoms with Crippen molar-refractivity contribution < 1.29 is 19.1 Å². The molecule has 1 aromatic rings. The van der Waals surface area contributed by atoms with E-state index in [2.05, 4.69) is 0 Å². The molecule has 2 bridgehead atoms. The maximum absolute atomic E-state index is 12.6. The average molecular weight is 360 g/mol. The first-order chi connectivity index (χ1) is 12.3. The van der Waals surface area contributed by atoms with E-state index in [0.29, 0.717) is 19.6 Å². The van der Waals surface area contributed by atoms with Crippen molar-refractivity contribution in [1.29, 1.82) is 0 Å². The molecule has 3 saturated heterocycles. The van der Waals surface area contributed by atoms with E-state index in [4.69, 9.17) is 9.47 Å². The molecule has 1 aromatic carbocycles. The van der Waals surface area contributed by atoms with Crippen molar-refractivity contribution >= 4 is 12.2 Å². The minimum Gasteiger partial charge on any atom is -0.445 e. The number of rotatable bonds is 2. The van der Waals surface area contributed by atoms with Gasteiger partial charge in [-0.15, -0.1) is 0 Å². The topological polar surface area (TPSA) is 59.1 Å². The van der Waals surface area contributed by atoms with Crippen molar-refractivity contribution in [3.05, 3.63) is 35.9 Å². The number of ether oxygens (including phenoxy) is 2. The Hall–Kier alpha value is -2.24. The number of hydrogen-bond acceptors (Lipinski definition) is 4. The van der Waals surface area contributed by atoms with Crippen LogP contribution in [-0.4, -0.2) is 53.3 Å². The summed E-state index contributed by atoms with van der Waals surface area (Å²) in [5.41, 5.74) is 0.452. The first-order valence-electron chi connectivity index (χ1n) is 9.27. The summed E-state index contributed by atoms with van der Waals surface area (Å²) in [5.74, 6) is 0.269. The van der Waals surface area contributed by atoms with Crippen LogP contribution in [0.25, 0.3) is 0 Å². The lowest BCUT2D eigenvalue weighted by Gasteiger charge is -2.35. The van der Waals surface area contributed by atoms with Crippen molar-refractivity contribution in [2.24, 2.45) is 5.92 Å². The molecule has 142 valence electrons. The van der Waals surface area contributed by atoms with Crippen molar-refractivity contribution in [3.8, 4) is 0 Å². The minimum atomic E-state index is -0.517. The van der Waals surface area contributed by atoms with Gasteiger partial charge in [0.2, 0.25) is 0 Å². The Morgan fingerprint density at radius 2 is 1.77 bits per heavy atom. The second-order valence-corrected chi connectivity index (χ2v) is 8.18. The van der Waals surface area contributed by atoms with E-state index in [0.717, 1.165) is 18.4 Å². The maximum atomic E-state index is 12.6. The van der Waals surface area contributed by atoms with E-state index >= 15 is 0 Å². The highest BCUT2D eigenvalue weighted by Gasteiger charge is 2.40. The number of hydrogen-bond donors (Lipinski definition) is 0. The van der Waals surface area contributed by atoms with Crippen LogP contribution in [0.15, 0.2) is 30.3 Å². The molecule has 2 amide bonds. The largest absolute Gasteiger partial charge is 0.445 e. The third kappa shape index (κ3) is 4.68. The molecule has 0 aromatic heterocycles. The highest BCUT2D eigenvalue weighted by Crippen LogP contribution is 2.29. The Morgan fingerprint density at radius 1 is 1.04 bits per heavy atom. The zero-order valence-electron chi connectivity index (χ0n) is 15.8. The number of carbonyl (C=O) groups is 2. The Labute approximate surface area is 155 Å². The van der Waals surface area contributed by atoms with Crippen molar-refractivity contribution in [3.63, 3.8) is 0 Å². The van der Waals surface area contributed by atoms with E-state index in [9.17, 15) is 9.59 Å². The lowest BCUT2D eigenvalue weighted by molar-refractivity contribution is 0.0228. The van der Waals surface area contributed by atoms with E-state index in [1.54, 1.807) is 9.80 Å².